The average Bonchev–Trinajstić information content (AvgIpc) is 3.02. The van der Waals surface area contributed by atoms with Gasteiger partial charge in [-0.1, -0.05) is 80.5 Å². The Hall–Kier alpha value is -0.690. The van der Waals surface area contributed by atoms with Gasteiger partial charge in [0, 0.05) is 11.2 Å². The van der Waals surface area contributed by atoms with Gasteiger partial charge in [-0.15, -0.1) is 11.8 Å². The Morgan fingerprint density at radius 1 is 0.720 bits per heavy atom. The van der Waals surface area contributed by atoms with E-state index >= 15 is 0 Å². The van der Waals surface area contributed by atoms with Gasteiger partial charge in [0.2, 0.25) is 0 Å². The maximum absolute atomic E-state index is 2.49. The maximum atomic E-state index is 2.49. The minimum Gasteiger partial charge on any atom is -0.129 e. The van der Waals surface area contributed by atoms with Gasteiger partial charge in [0.15, 0.2) is 0 Å². The van der Waals surface area contributed by atoms with E-state index in [0.29, 0.717) is 0 Å². The molecule has 1 heteroatoms. The Morgan fingerprint density at radius 2 is 1.24 bits per heavy atom. The predicted molar refractivity (Wildman–Crippen MR) is 114 cm³/mol. The zero-order valence-corrected chi connectivity index (χ0v) is 18.4. The first-order valence-corrected chi connectivity index (χ1v) is 10.9. The van der Waals surface area contributed by atoms with Crippen LogP contribution in [-0.4, -0.2) is 5.25 Å². The van der Waals surface area contributed by atoms with Crippen molar-refractivity contribution in [3.63, 3.8) is 0 Å². The summed E-state index contributed by atoms with van der Waals surface area (Å²) in [6.45, 7) is 21.4. The molecule has 25 heavy (non-hydrogen) atoms. The van der Waals surface area contributed by atoms with Crippen LogP contribution in [0.25, 0.3) is 5.57 Å². The molecular formula is C24H36S. The molecule has 5 atom stereocenters. The van der Waals surface area contributed by atoms with Gasteiger partial charge in [-0.25, -0.2) is 0 Å². The SMILES string of the molecule is CC1C(C)C2SC=C(c3cc(C(C)(C)C)cc(C(C)(C)C)c3)C2C1C. The van der Waals surface area contributed by atoms with E-state index in [2.05, 4.69) is 97.7 Å². The van der Waals surface area contributed by atoms with Gasteiger partial charge in [0.1, 0.15) is 0 Å². The van der Waals surface area contributed by atoms with E-state index in [-0.39, 0.29) is 10.8 Å². The van der Waals surface area contributed by atoms with Crippen LogP contribution < -0.4 is 0 Å². The molecule has 1 aliphatic carbocycles. The first-order valence-electron chi connectivity index (χ1n) is 9.93. The molecule has 2 aliphatic rings. The number of thioether (sulfide) groups is 1. The van der Waals surface area contributed by atoms with E-state index in [1.807, 2.05) is 0 Å². The van der Waals surface area contributed by atoms with Crippen LogP contribution in [-0.2, 0) is 10.8 Å². The van der Waals surface area contributed by atoms with E-state index in [0.717, 1.165) is 28.9 Å². The second-order valence-electron chi connectivity index (χ2n) is 10.6. The molecule has 1 saturated carbocycles. The highest BCUT2D eigenvalue weighted by molar-refractivity contribution is 8.03. The number of hydrogen-bond acceptors (Lipinski definition) is 1. The lowest BCUT2D eigenvalue weighted by atomic mass is 9.77. The third-order valence-corrected chi connectivity index (χ3v) is 8.23. The summed E-state index contributed by atoms with van der Waals surface area (Å²) in [6.07, 6.45) is 0. The molecule has 5 unspecified atom stereocenters. The molecule has 1 fully saturated rings. The molecule has 0 bridgehead atoms. The molecule has 0 spiro atoms. The fraction of sp³-hybridized carbons (Fsp3) is 0.667. The number of allylic oxidation sites excluding steroid dienone is 1. The zero-order valence-electron chi connectivity index (χ0n) is 17.6. The predicted octanol–water partition coefficient (Wildman–Crippen LogP) is 7.28. The minimum atomic E-state index is 0.184. The summed E-state index contributed by atoms with van der Waals surface area (Å²) < 4.78 is 0. The normalized spacial score (nSPS) is 32.7. The lowest BCUT2D eigenvalue weighted by molar-refractivity contribution is 0.366. The highest BCUT2D eigenvalue weighted by atomic mass is 32.2. The summed E-state index contributed by atoms with van der Waals surface area (Å²) in [4.78, 5) is 0. The van der Waals surface area contributed by atoms with Crippen molar-refractivity contribution >= 4 is 17.3 Å². The van der Waals surface area contributed by atoms with Crippen LogP contribution in [0.3, 0.4) is 0 Å². The lowest BCUT2D eigenvalue weighted by Crippen LogP contribution is -2.19. The van der Waals surface area contributed by atoms with Crippen molar-refractivity contribution < 1.29 is 0 Å². The Bertz CT molecular complexity index is 651. The van der Waals surface area contributed by atoms with E-state index in [4.69, 9.17) is 0 Å². The van der Waals surface area contributed by atoms with Crippen molar-refractivity contribution in [2.24, 2.45) is 23.7 Å². The van der Waals surface area contributed by atoms with Crippen molar-refractivity contribution in [3.05, 3.63) is 40.3 Å². The molecule has 0 radical (unpaired) electrons. The van der Waals surface area contributed by atoms with E-state index in [1.54, 1.807) is 5.57 Å². The molecule has 0 amide bonds. The lowest BCUT2D eigenvalue weighted by Gasteiger charge is -2.28. The van der Waals surface area contributed by atoms with Crippen molar-refractivity contribution in [1.82, 2.24) is 0 Å². The van der Waals surface area contributed by atoms with Gasteiger partial charge in [0.25, 0.3) is 0 Å². The topological polar surface area (TPSA) is 0 Å². The van der Waals surface area contributed by atoms with Gasteiger partial charge in [-0.2, -0.15) is 0 Å². The van der Waals surface area contributed by atoms with E-state index in [9.17, 15) is 0 Å². The van der Waals surface area contributed by atoms with Crippen LogP contribution >= 0.6 is 11.8 Å². The molecule has 1 heterocycles. The summed E-state index contributed by atoms with van der Waals surface area (Å²) in [7, 11) is 0. The monoisotopic (exact) mass is 356 g/mol. The van der Waals surface area contributed by atoms with E-state index < -0.39 is 0 Å². The Kier molecular flexibility index (Phi) is 4.72. The molecule has 0 saturated heterocycles. The Morgan fingerprint density at radius 3 is 1.72 bits per heavy atom. The van der Waals surface area contributed by atoms with Crippen molar-refractivity contribution in [2.45, 2.75) is 78.4 Å². The largest absolute Gasteiger partial charge is 0.129 e. The number of fused-ring (bicyclic) bond motifs is 1. The summed E-state index contributed by atoms with van der Waals surface area (Å²) >= 11 is 2.10. The first-order chi connectivity index (χ1) is 11.4. The smallest absolute Gasteiger partial charge is 0.0189 e. The molecule has 1 aromatic rings. The highest BCUT2D eigenvalue weighted by Crippen LogP contribution is 2.57. The fourth-order valence-corrected chi connectivity index (χ4v) is 6.21. The summed E-state index contributed by atoms with van der Waals surface area (Å²) in [6, 6.07) is 7.39. The maximum Gasteiger partial charge on any atom is 0.0189 e. The number of hydrogen-bond donors (Lipinski definition) is 0. The standard InChI is InChI=1S/C24H36S/c1-14-15(2)21-20(13-25-22(21)16(14)3)17-10-18(23(4,5)6)12-19(11-17)24(7,8)9/h10-16,21-22H,1-9H3. The molecular weight excluding hydrogens is 320 g/mol. The first kappa shape index (κ1) is 19.1. The summed E-state index contributed by atoms with van der Waals surface area (Å²) in [5.41, 5.74) is 6.39. The fourth-order valence-electron chi connectivity index (χ4n) is 4.55. The summed E-state index contributed by atoms with van der Waals surface area (Å²) in [5.74, 6) is 3.13. The number of rotatable bonds is 1. The molecule has 1 aromatic carbocycles. The zero-order chi connectivity index (χ0) is 18.7. The van der Waals surface area contributed by atoms with Gasteiger partial charge < -0.3 is 0 Å². The average molecular weight is 357 g/mol. The third-order valence-electron chi connectivity index (χ3n) is 6.81. The minimum absolute atomic E-state index is 0.184. The quantitative estimate of drug-likeness (QED) is 0.509. The molecule has 3 rings (SSSR count). The second-order valence-corrected chi connectivity index (χ2v) is 11.6. The Balaban J connectivity index is 2.09. The van der Waals surface area contributed by atoms with Crippen LogP contribution in [0, 0.1) is 23.7 Å². The second kappa shape index (κ2) is 6.19. The van der Waals surface area contributed by atoms with Crippen molar-refractivity contribution in [1.29, 1.82) is 0 Å². The van der Waals surface area contributed by atoms with Crippen LogP contribution in [0.15, 0.2) is 23.6 Å². The van der Waals surface area contributed by atoms with Crippen LogP contribution in [0.5, 0.6) is 0 Å². The van der Waals surface area contributed by atoms with Crippen LogP contribution in [0.1, 0.15) is 79.0 Å². The highest BCUT2D eigenvalue weighted by Gasteiger charge is 2.48. The third kappa shape index (κ3) is 3.34. The van der Waals surface area contributed by atoms with Gasteiger partial charge in [-0.3, -0.25) is 0 Å². The Labute approximate surface area is 159 Å². The van der Waals surface area contributed by atoms with Crippen LogP contribution in [0.4, 0.5) is 0 Å². The molecule has 138 valence electrons. The number of benzene rings is 1. The van der Waals surface area contributed by atoms with Gasteiger partial charge in [0.05, 0.1) is 0 Å². The van der Waals surface area contributed by atoms with Gasteiger partial charge >= 0.3 is 0 Å². The van der Waals surface area contributed by atoms with Crippen molar-refractivity contribution in [3.8, 4) is 0 Å². The molecule has 0 N–H and O–H groups in total. The van der Waals surface area contributed by atoms with Crippen molar-refractivity contribution in [2.75, 3.05) is 0 Å². The molecule has 0 nitrogen and oxygen atoms in total. The molecule has 1 aliphatic heterocycles. The summed E-state index contributed by atoms with van der Waals surface area (Å²) in [5, 5.41) is 3.26. The van der Waals surface area contributed by atoms with Crippen LogP contribution in [0.2, 0.25) is 0 Å². The van der Waals surface area contributed by atoms with E-state index in [1.165, 1.54) is 16.7 Å². The van der Waals surface area contributed by atoms with Gasteiger partial charge in [-0.05, 0) is 56.3 Å². The molecule has 0 aromatic heterocycles.